The Morgan fingerprint density at radius 2 is 2.15 bits per heavy atom. The van der Waals surface area contributed by atoms with E-state index in [2.05, 4.69) is 32.8 Å². The molecular formula is C21H23N3OS. The Morgan fingerprint density at radius 3 is 2.88 bits per heavy atom. The summed E-state index contributed by atoms with van der Waals surface area (Å²) in [6.45, 7) is 6.99. The van der Waals surface area contributed by atoms with E-state index in [1.54, 1.807) is 6.20 Å². The van der Waals surface area contributed by atoms with Gasteiger partial charge in [0.2, 0.25) is 0 Å². The molecule has 3 aromatic heterocycles. The lowest BCUT2D eigenvalue weighted by Crippen LogP contribution is -2.39. The molecule has 0 aliphatic carbocycles. The van der Waals surface area contributed by atoms with Crippen molar-refractivity contribution >= 4 is 17.2 Å². The summed E-state index contributed by atoms with van der Waals surface area (Å²) >= 11 is 1.81. The number of carbonyl (C=O) groups is 1. The third-order valence-corrected chi connectivity index (χ3v) is 6.28. The number of thiophene rings is 1. The molecule has 4 heterocycles. The molecule has 0 saturated carbocycles. The molecule has 1 amide bonds. The van der Waals surface area contributed by atoms with Crippen LogP contribution in [0.4, 0.5) is 0 Å². The van der Waals surface area contributed by atoms with Crippen LogP contribution in [0.25, 0.3) is 5.82 Å². The highest BCUT2D eigenvalue weighted by Gasteiger charge is 2.32. The van der Waals surface area contributed by atoms with E-state index in [0.717, 1.165) is 42.2 Å². The zero-order valence-electron chi connectivity index (χ0n) is 15.4. The summed E-state index contributed by atoms with van der Waals surface area (Å²) in [5.74, 6) is 0.983. The van der Waals surface area contributed by atoms with Crippen LogP contribution in [0.15, 0.2) is 41.9 Å². The Balaban J connectivity index is 1.72. The van der Waals surface area contributed by atoms with E-state index in [9.17, 15) is 4.79 Å². The summed E-state index contributed by atoms with van der Waals surface area (Å²) < 4.78 is 2.06. The first-order valence-corrected chi connectivity index (χ1v) is 9.97. The molecule has 1 aliphatic rings. The molecule has 0 fully saturated rings. The fraction of sp³-hybridized carbons (Fsp3) is 0.333. The lowest BCUT2D eigenvalue weighted by Gasteiger charge is -2.35. The normalized spacial score (nSPS) is 16.6. The maximum Gasteiger partial charge on any atom is 0.256 e. The summed E-state index contributed by atoms with van der Waals surface area (Å²) in [5.41, 5.74) is 4.10. The summed E-state index contributed by atoms with van der Waals surface area (Å²) in [7, 11) is 0. The highest BCUT2D eigenvalue weighted by Crippen LogP contribution is 2.36. The van der Waals surface area contributed by atoms with Crippen LogP contribution >= 0.6 is 11.3 Å². The number of amides is 1. The average Bonchev–Trinajstić information content (AvgIpc) is 3.25. The molecule has 0 spiro atoms. The van der Waals surface area contributed by atoms with Gasteiger partial charge in [0, 0.05) is 29.0 Å². The van der Waals surface area contributed by atoms with Crippen molar-refractivity contribution in [3.63, 3.8) is 0 Å². The minimum Gasteiger partial charge on any atom is -0.331 e. The molecule has 4 nitrogen and oxygen atoms in total. The largest absolute Gasteiger partial charge is 0.331 e. The summed E-state index contributed by atoms with van der Waals surface area (Å²) in [4.78, 5) is 21.3. The zero-order valence-corrected chi connectivity index (χ0v) is 16.2. The molecule has 0 radical (unpaired) electrons. The number of nitrogens with zero attached hydrogens (tertiary/aromatic N) is 3. The number of hydrogen-bond donors (Lipinski definition) is 0. The number of hydrogen-bond acceptors (Lipinski definition) is 3. The van der Waals surface area contributed by atoms with E-state index in [0.29, 0.717) is 0 Å². The van der Waals surface area contributed by atoms with E-state index in [1.165, 1.54) is 10.4 Å². The van der Waals surface area contributed by atoms with E-state index in [-0.39, 0.29) is 11.9 Å². The Bertz CT molecular complexity index is 942. The first-order chi connectivity index (χ1) is 12.6. The lowest BCUT2D eigenvalue weighted by molar-refractivity contribution is 0.0656. The second-order valence-corrected chi connectivity index (χ2v) is 7.78. The average molecular weight is 366 g/mol. The summed E-state index contributed by atoms with van der Waals surface area (Å²) in [6, 6.07) is 10.2. The van der Waals surface area contributed by atoms with E-state index in [1.807, 2.05) is 49.4 Å². The molecule has 0 saturated heterocycles. The predicted octanol–water partition coefficient (Wildman–Crippen LogP) is 4.70. The zero-order chi connectivity index (χ0) is 18.3. The molecule has 4 rings (SSSR count). The fourth-order valence-electron chi connectivity index (χ4n) is 4.05. The second kappa shape index (κ2) is 6.72. The van der Waals surface area contributed by atoms with E-state index in [4.69, 9.17) is 0 Å². The Kier molecular flexibility index (Phi) is 4.41. The predicted molar refractivity (Wildman–Crippen MR) is 105 cm³/mol. The van der Waals surface area contributed by atoms with Crippen molar-refractivity contribution in [3.05, 3.63) is 69.3 Å². The molecule has 1 aliphatic heterocycles. The smallest absolute Gasteiger partial charge is 0.256 e. The third kappa shape index (κ3) is 2.67. The van der Waals surface area contributed by atoms with Crippen molar-refractivity contribution in [2.45, 2.75) is 39.7 Å². The van der Waals surface area contributed by atoms with Gasteiger partial charge in [0.05, 0.1) is 11.6 Å². The number of aromatic nitrogens is 2. The van der Waals surface area contributed by atoms with Gasteiger partial charge in [-0.15, -0.1) is 11.3 Å². The molecule has 26 heavy (non-hydrogen) atoms. The van der Waals surface area contributed by atoms with Gasteiger partial charge in [-0.1, -0.05) is 13.0 Å². The molecular weight excluding hydrogens is 342 g/mol. The topological polar surface area (TPSA) is 38.1 Å². The van der Waals surface area contributed by atoms with Gasteiger partial charge in [0.25, 0.3) is 5.91 Å². The number of carbonyl (C=O) groups excluding carboxylic acids is 1. The Labute approximate surface area is 158 Å². The van der Waals surface area contributed by atoms with Gasteiger partial charge in [0.15, 0.2) is 0 Å². The van der Waals surface area contributed by atoms with Crippen LogP contribution in [0.5, 0.6) is 0 Å². The summed E-state index contributed by atoms with van der Waals surface area (Å²) in [6.07, 6.45) is 3.67. The van der Waals surface area contributed by atoms with Crippen LogP contribution in [0.2, 0.25) is 0 Å². The minimum absolute atomic E-state index is 0.129. The highest BCUT2D eigenvalue weighted by atomic mass is 32.1. The SMILES string of the molecule is CCC1c2ccsc2CCN1C(=O)c1cc(C)n(-c2ccccn2)c1C. The van der Waals surface area contributed by atoms with E-state index >= 15 is 0 Å². The highest BCUT2D eigenvalue weighted by molar-refractivity contribution is 7.10. The van der Waals surface area contributed by atoms with Gasteiger partial charge in [0.1, 0.15) is 5.82 Å². The van der Waals surface area contributed by atoms with Crippen LogP contribution in [-0.2, 0) is 6.42 Å². The lowest BCUT2D eigenvalue weighted by atomic mass is 9.97. The molecule has 134 valence electrons. The van der Waals surface area contributed by atoms with Crippen molar-refractivity contribution < 1.29 is 4.79 Å². The van der Waals surface area contributed by atoms with Crippen LogP contribution < -0.4 is 0 Å². The molecule has 0 aromatic carbocycles. The van der Waals surface area contributed by atoms with Crippen LogP contribution in [-0.4, -0.2) is 26.9 Å². The maximum atomic E-state index is 13.4. The number of fused-ring (bicyclic) bond motifs is 1. The maximum absolute atomic E-state index is 13.4. The van der Waals surface area contributed by atoms with Gasteiger partial charge in [-0.05, 0) is 61.9 Å². The quantitative estimate of drug-likeness (QED) is 0.675. The molecule has 0 bridgehead atoms. The third-order valence-electron chi connectivity index (χ3n) is 5.28. The molecule has 1 atom stereocenters. The van der Waals surface area contributed by atoms with Gasteiger partial charge in [-0.3, -0.25) is 4.79 Å². The molecule has 0 N–H and O–H groups in total. The fourth-order valence-corrected chi connectivity index (χ4v) is 4.98. The second-order valence-electron chi connectivity index (χ2n) is 6.78. The number of rotatable bonds is 3. The van der Waals surface area contributed by atoms with Crippen molar-refractivity contribution in [1.29, 1.82) is 0 Å². The Hall–Kier alpha value is -2.40. The van der Waals surface area contributed by atoms with Crippen molar-refractivity contribution in [2.75, 3.05) is 6.54 Å². The monoisotopic (exact) mass is 365 g/mol. The van der Waals surface area contributed by atoms with Crippen molar-refractivity contribution in [3.8, 4) is 5.82 Å². The molecule has 3 aromatic rings. The molecule has 1 unspecified atom stereocenters. The van der Waals surface area contributed by atoms with Crippen molar-refractivity contribution in [1.82, 2.24) is 14.5 Å². The van der Waals surface area contributed by atoms with Crippen LogP contribution in [0, 0.1) is 13.8 Å². The van der Waals surface area contributed by atoms with Gasteiger partial charge in [-0.25, -0.2) is 4.98 Å². The van der Waals surface area contributed by atoms with Crippen molar-refractivity contribution in [2.24, 2.45) is 0 Å². The van der Waals surface area contributed by atoms with Gasteiger partial charge >= 0.3 is 0 Å². The first kappa shape index (κ1) is 17.0. The minimum atomic E-state index is 0.129. The van der Waals surface area contributed by atoms with Crippen LogP contribution in [0.1, 0.15) is 51.6 Å². The Morgan fingerprint density at radius 1 is 1.31 bits per heavy atom. The number of aryl methyl sites for hydroxylation is 1. The first-order valence-electron chi connectivity index (χ1n) is 9.09. The molecule has 5 heteroatoms. The summed E-state index contributed by atoms with van der Waals surface area (Å²) in [5, 5.41) is 2.15. The van der Waals surface area contributed by atoms with E-state index < -0.39 is 0 Å². The number of pyridine rings is 1. The van der Waals surface area contributed by atoms with Gasteiger partial charge in [-0.2, -0.15) is 0 Å². The standard InChI is InChI=1S/C21H23N3OS/c1-4-18-16-9-12-26-19(16)8-11-23(18)21(25)17-13-14(2)24(15(17)3)20-7-5-6-10-22-20/h5-7,9-10,12-13,18H,4,8,11H2,1-3H3. The van der Waals surface area contributed by atoms with Crippen LogP contribution in [0.3, 0.4) is 0 Å². The van der Waals surface area contributed by atoms with Gasteiger partial charge < -0.3 is 9.47 Å².